The van der Waals surface area contributed by atoms with E-state index in [1.807, 2.05) is 24.4 Å². The van der Waals surface area contributed by atoms with E-state index in [2.05, 4.69) is 15.3 Å². The van der Waals surface area contributed by atoms with Crippen LogP contribution in [0.3, 0.4) is 0 Å². The molecule has 0 radical (unpaired) electrons. The van der Waals surface area contributed by atoms with Crippen LogP contribution in [0.2, 0.25) is 5.02 Å². The largest absolute Gasteiger partial charge is 0.314 e. The summed E-state index contributed by atoms with van der Waals surface area (Å²) in [5.74, 6) is 0.902. The molecule has 0 saturated carbocycles. The summed E-state index contributed by atoms with van der Waals surface area (Å²) in [6.45, 7) is 1.12. The lowest BCUT2D eigenvalue weighted by Gasteiger charge is -2.08. The zero-order chi connectivity index (χ0) is 11.7. The second kappa shape index (κ2) is 4.59. The number of halogens is 1. The molecular formula is C13H14ClN3. The average Bonchev–Trinajstić information content (AvgIpc) is 2.81. The predicted molar refractivity (Wildman–Crippen MR) is 69.3 cm³/mol. The van der Waals surface area contributed by atoms with Crippen molar-refractivity contribution >= 4 is 22.5 Å². The van der Waals surface area contributed by atoms with Crippen molar-refractivity contribution in [3.05, 3.63) is 35.2 Å². The maximum Gasteiger partial charge on any atom is 0.130 e. The highest BCUT2D eigenvalue weighted by molar-refractivity contribution is 6.31. The van der Waals surface area contributed by atoms with Crippen LogP contribution < -0.4 is 5.32 Å². The number of nitrogens with zero attached hydrogens (tertiary/aromatic N) is 2. The molecule has 0 aliphatic carbocycles. The number of rotatable bonds is 2. The number of benzene rings is 1. The summed E-state index contributed by atoms with van der Waals surface area (Å²) in [7, 11) is 0. The SMILES string of the molecule is Clc1ccc2cnc(CC3CCCN3)nc2c1. The number of fused-ring (bicyclic) bond motifs is 1. The van der Waals surface area contributed by atoms with E-state index in [0.29, 0.717) is 6.04 Å². The molecule has 17 heavy (non-hydrogen) atoms. The molecule has 1 atom stereocenters. The Labute approximate surface area is 105 Å². The first-order valence-electron chi connectivity index (χ1n) is 5.96. The third-order valence-corrected chi connectivity index (χ3v) is 3.42. The summed E-state index contributed by atoms with van der Waals surface area (Å²) in [6, 6.07) is 6.25. The molecule has 1 aliphatic heterocycles. The molecule has 3 nitrogen and oxygen atoms in total. The topological polar surface area (TPSA) is 37.8 Å². The van der Waals surface area contributed by atoms with E-state index >= 15 is 0 Å². The van der Waals surface area contributed by atoms with Crippen molar-refractivity contribution in [3.63, 3.8) is 0 Å². The third-order valence-electron chi connectivity index (χ3n) is 3.19. The number of aromatic nitrogens is 2. The summed E-state index contributed by atoms with van der Waals surface area (Å²) in [4.78, 5) is 8.97. The Bertz CT molecular complexity index is 535. The van der Waals surface area contributed by atoms with Gasteiger partial charge in [0.1, 0.15) is 5.82 Å². The van der Waals surface area contributed by atoms with Crippen molar-refractivity contribution in [1.29, 1.82) is 0 Å². The van der Waals surface area contributed by atoms with Gasteiger partial charge in [-0.25, -0.2) is 9.97 Å². The first-order valence-corrected chi connectivity index (χ1v) is 6.33. The molecule has 1 unspecified atom stereocenters. The molecule has 2 aromatic rings. The van der Waals surface area contributed by atoms with Gasteiger partial charge < -0.3 is 5.32 Å². The highest BCUT2D eigenvalue weighted by Crippen LogP contribution is 2.18. The molecule has 1 aromatic heterocycles. The Balaban J connectivity index is 1.89. The van der Waals surface area contributed by atoms with Crippen LogP contribution in [-0.2, 0) is 6.42 Å². The zero-order valence-electron chi connectivity index (χ0n) is 9.49. The van der Waals surface area contributed by atoms with Crippen molar-refractivity contribution in [2.24, 2.45) is 0 Å². The average molecular weight is 248 g/mol. The van der Waals surface area contributed by atoms with Gasteiger partial charge in [-0.3, -0.25) is 0 Å². The highest BCUT2D eigenvalue weighted by Gasteiger charge is 2.15. The second-order valence-corrected chi connectivity index (χ2v) is 4.92. The van der Waals surface area contributed by atoms with Gasteiger partial charge in [0.25, 0.3) is 0 Å². The van der Waals surface area contributed by atoms with E-state index in [0.717, 1.165) is 34.7 Å². The minimum Gasteiger partial charge on any atom is -0.314 e. The molecule has 3 rings (SSSR count). The minimum absolute atomic E-state index is 0.534. The standard InChI is InChI=1S/C13H14ClN3/c14-10-4-3-9-8-16-13(17-12(9)6-10)7-11-2-1-5-15-11/h3-4,6,8,11,15H,1-2,5,7H2. The zero-order valence-corrected chi connectivity index (χ0v) is 10.2. The quantitative estimate of drug-likeness (QED) is 0.887. The van der Waals surface area contributed by atoms with Gasteiger partial charge in [0, 0.05) is 29.1 Å². The van der Waals surface area contributed by atoms with Crippen molar-refractivity contribution in [3.8, 4) is 0 Å². The number of hydrogen-bond acceptors (Lipinski definition) is 3. The molecule has 1 N–H and O–H groups in total. The van der Waals surface area contributed by atoms with Crippen LogP contribution in [0.5, 0.6) is 0 Å². The highest BCUT2D eigenvalue weighted by atomic mass is 35.5. The third kappa shape index (κ3) is 2.40. The maximum absolute atomic E-state index is 5.97. The van der Waals surface area contributed by atoms with Gasteiger partial charge in [-0.15, -0.1) is 0 Å². The molecule has 0 amide bonds. The maximum atomic E-state index is 5.97. The summed E-state index contributed by atoms with van der Waals surface area (Å²) in [6.07, 6.45) is 5.26. The molecule has 0 spiro atoms. The van der Waals surface area contributed by atoms with Crippen molar-refractivity contribution in [2.75, 3.05) is 6.54 Å². The summed E-state index contributed by atoms with van der Waals surface area (Å²) in [5, 5.41) is 5.22. The van der Waals surface area contributed by atoms with E-state index in [1.54, 1.807) is 0 Å². The van der Waals surface area contributed by atoms with Gasteiger partial charge in [0.2, 0.25) is 0 Å². The fraction of sp³-hybridized carbons (Fsp3) is 0.385. The first-order chi connectivity index (χ1) is 8.31. The van der Waals surface area contributed by atoms with E-state index in [4.69, 9.17) is 11.6 Å². The Hall–Kier alpha value is -1.19. The lowest BCUT2D eigenvalue weighted by Crippen LogP contribution is -2.24. The Morgan fingerprint density at radius 1 is 1.41 bits per heavy atom. The summed E-state index contributed by atoms with van der Waals surface area (Å²) >= 11 is 5.97. The molecule has 1 fully saturated rings. The fourth-order valence-corrected chi connectivity index (χ4v) is 2.45. The molecule has 2 heterocycles. The summed E-state index contributed by atoms with van der Waals surface area (Å²) in [5.41, 5.74) is 0.931. The van der Waals surface area contributed by atoms with Gasteiger partial charge in [-0.1, -0.05) is 11.6 Å². The van der Waals surface area contributed by atoms with E-state index in [1.165, 1.54) is 12.8 Å². The van der Waals surface area contributed by atoms with Gasteiger partial charge in [0.15, 0.2) is 0 Å². The molecule has 88 valence electrons. The van der Waals surface area contributed by atoms with E-state index in [9.17, 15) is 0 Å². The van der Waals surface area contributed by atoms with Crippen molar-refractivity contribution < 1.29 is 0 Å². The number of nitrogens with one attached hydrogen (secondary N) is 1. The van der Waals surface area contributed by atoms with Crippen molar-refractivity contribution in [1.82, 2.24) is 15.3 Å². The molecule has 0 bridgehead atoms. The Morgan fingerprint density at radius 2 is 2.35 bits per heavy atom. The molecule has 4 heteroatoms. The molecule has 1 aromatic carbocycles. The van der Waals surface area contributed by atoms with Gasteiger partial charge in [0.05, 0.1) is 5.52 Å². The predicted octanol–water partition coefficient (Wildman–Crippen LogP) is 2.58. The van der Waals surface area contributed by atoms with Crippen LogP contribution in [0.1, 0.15) is 18.7 Å². The lowest BCUT2D eigenvalue weighted by molar-refractivity contribution is 0.586. The first kappa shape index (κ1) is 10.9. The van der Waals surface area contributed by atoms with Gasteiger partial charge in [-0.05, 0) is 37.6 Å². The molecule has 1 aliphatic rings. The monoisotopic (exact) mass is 247 g/mol. The van der Waals surface area contributed by atoms with Crippen LogP contribution in [-0.4, -0.2) is 22.6 Å². The van der Waals surface area contributed by atoms with Crippen LogP contribution in [0.15, 0.2) is 24.4 Å². The Morgan fingerprint density at radius 3 is 3.18 bits per heavy atom. The van der Waals surface area contributed by atoms with Crippen LogP contribution in [0.25, 0.3) is 10.9 Å². The van der Waals surface area contributed by atoms with Gasteiger partial charge in [-0.2, -0.15) is 0 Å². The lowest BCUT2D eigenvalue weighted by atomic mass is 10.1. The molecular weight excluding hydrogens is 234 g/mol. The molecule has 1 saturated heterocycles. The Kier molecular flexibility index (Phi) is 2.95. The second-order valence-electron chi connectivity index (χ2n) is 4.49. The van der Waals surface area contributed by atoms with Crippen LogP contribution >= 0.6 is 11.6 Å². The van der Waals surface area contributed by atoms with Gasteiger partial charge >= 0.3 is 0 Å². The van der Waals surface area contributed by atoms with Crippen LogP contribution in [0.4, 0.5) is 0 Å². The van der Waals surface area contributed by atoms with E-state index in [-0.39, 0.29) is 0 Å². The van der Waals surface area contributed by atoms with Crippen LogP contribution in [0, 0.1) is 0 Å². The van der Waals surface area contributed by atoms with E-state index < -0.39 is 0 Å². The van der Waals surface area contributed by atoms with Crippen molar-refractivity contribution in [2.45, 2.75) is 25.3 Å². The summed E-state index contributed by atoms with van der Waals surface area (Å²) < 4.78 is 0. The fourth-order valence-electron chi connectivity index (χ4n) is 2.28. The number of hydrogen-bond donors (Lipinski definition) is 1. The smallest absolute Gasteiger partial charge is 0.130 e. The normalized spacial score (nSPS) is 19.9. The minimum atomic E-state index is 0.534.